The summed E-state index contributed by atoms with van der Waals surface area (Å²) < 4.78 is 1.07. The van der Waals surface area contributed by atoms with Crippen LogP contribution in [0.4, 0.5) is 0 Å². The van der Waals surface area contributed by atoms with Gasteiger partial charge >= 0.3 is 31.1 Å². The summed E-state index contributed by atoms with van der Waals surface area (Å²) in [6, 6.07) is 7.89. The second kappa shape index (κ2) is 7.79. The molecular formula is C10H10BrNU. The van der Waals surface area contributed by atoms with E-state index in [4.69, 9.17) is 0 Å². The van der Waals surface area contributed by atoms with E-state index in [0.717, 1.165) is 23.0 Å². The van der Waals surface area contributed by atoms with Crippen LogP contribution in [0.25, 0.3) is 0 Å². The van der Waals surface area contributed by atoms with Gasteiger partial charge in [0.05, 0.1) is 0 Å². The van der Waals surface area contributed by atoms with E-state index < -0.39 is 0 Å². The molecule has 0 fully saturated rings. The molecule has 1 aromatic carbocycles. The molecule has 13 heavy (non-hydrogen) atoms. The van der Waals surface area contributed by atoms with Gasteiger partial charge in [0, 0.05) is 0 Å². The van der Waals surface area contributed by atoms with Gasteiger partial charge in [0.15, 0.2) is 0 Å². The summed E-state index contributed by atoms with van der Waals surface area (Å²) in [5.74, 6) is 0. The molecule has 0 unspecified atom stereocenters. The Morgan fingerprint density at radius 2 is 1.92 bits per heavy atom. The molecule has 0 saturated heterocycles. The predicted octanol–water partition coefficient (Wildman–Crippen LogP) is 2.97. The van der Waals surface area contributed by atoms with Gasteiger partial charge in [0.25, 0.3) is 0 Å². The van der Waals surface area contributed by atoms with Crippen LogP contribution in [0.5, 0.6) is 0 Å². The number of nitrogens with zero attached hydrogens (tertiary/aromatic N) is 1. The number of hydrogen-bond acceptors (Lipinski definition) is 1. The molecule has 0 aromatic heterocycles. The maximum Gasteiger partial charge on any atom is 2.00 e. The summed E-state index contributed by atoms with van der Waals surface area (Å²) in [6.07, 6.45) is 3.76. The third-order valence-electron chi connectivity index (χ3n) is 1.32. The van der Waals surface area contributed by atoms with E-state index in [2.05, 4.69) is 34.1 Å². The van der Waals surface area contributed by atoms with E-state index in [9.17, 15) is 0 Å². The summed E-state index contributed by atoms with van der Waals surface area (Å²) >= 11 is 3.36. The van der Waals surface area contributed by atoms with Crippen molar-refractivity contribution in [1.29, 1.82) is 0 Å². The van der Waals surface area contributed by atoms with Crippen LogP contribution in [0, 0.1) is 38.0 Å². The Labute approximate surface area is 112 Å². The summed E-state index contributed by atoms with van der Waals surface area (Å²) in [5, 5.41) is 0. The van der Waals surface area contributed by atoms with Crippen molar-refractivity contribution in [3.05, 3.63) is 41.2 Å². The van der Waals surface area contributed by atoms with E-state index in [-0.39, 0.29) is 31.1 Å². The summed E-state index contributed by atoms with van der Waals surface area (Å²) in [7, 11) is 0. The van der Waals surface area contributed by atoms with Crippen molar-refractivity contribution in [3.63, 3.8) is 0 Å². The molecule has 0 amide bonds. The number of halogens is 1. The van der Waals surface area contributed by atoms with Gasteiger partial charge in [-0.25, -0.2) is 0 Å². The third kappa shape index (κ3) is 5.67. The molecule has 0 bridgehead atoms. The maximum atomic E-state index is 4.06. The first-order valence-corrected chi connectivity index (χ1v) is 4.59. The molecule has 1 rings (SSSR count). The normalized spacial score (nSPS) is 10.0. The van der Waals surface area contributed by atoms with Gasteiger partial charge in [0.1, 0.15) is 0 Å². The molecule has 0 aliphatic heterocycles. The number of benzene rings is 1. The molecule has 0 aliphatic carbocycles. The Hall–Kier alpha value is 0.422. The van der Waals surface area contributed by atoms with Crippen LogP contribution in [0.1, 0.15) is 12.0 Å². The fourth-order valence-electron chi connectivity index (χ4n) is 0.751. The Morgan fingerprint density at radius 3 is 2.46 bits per heavy atom. The first-order chi connectivity index (χ1) is 5.83. The summed E-state index contributed by atoms with van der Waals surface area (Å²) in [4.78, 5) is 4.06. The van der Waals surface area contributed by atoms with Gasteiger partial charge in [-0.2, -0.15) is 24.1 Å². The molecule has 3 heteroatoms. The maximum absolute atomic E-state index is 4.06. The molecule has 0 radical (unpaired) electrons. The van der Waals surface area contributed by atoms with E-state index in [1.54, 1.807) is 0 Å². The molecule has 0 aliphatic rings. The molecule has 0 N–H and O–H groups in total. The quantitative estimate of drug-likeness (QED) is 0.484. The monoisotopic (exact) mass is 461 g/mol. The topological polar surface area (TPSA) is 12.4 Å². The fraction of sp³-hybridized carbons (Fsp3) is 0.200. The zero-order valence-corrected chi connectivity index (χ0v) is 13.0. The van der Waals surface area contributed by atoms with Crippen molar-refractivity contribution < 1.29 is 31.1 Å². The third-order valence-corrected chi connectivity index (χ3v) is 1.85. The molecule has 1 aromatic rings. The second-order valence-electron chi connectivity index (χ2n) is 2.35. The van der Waals surface area contributed by atoms with Gasteiger partial charge in [-0.1, -0.05) is 22.1 Å². The Bertz CT molecular complexity index is 256. The van der Waals surface area contributed by atoms with Crippen LogP contribution in [-0.2, 0) is 0 Å². The van der Waals surface area contributed by atoms with Gasteiger partial charge in [-0.15, -0.1) is 12.1 Å². The molecule has 66 valence electrons. The Morgan fingerprint density at radius 1 is 1.31 bits per heavy atom. The van der Waals surface area contributed by atoms with Crippen molar-refractivity contribution in [2.45, 2.75) is 6.42 Å². The molecular weight excluding hydrogens is 452 g/mol. The summed E-state index contributed by atoms with van der Waals surface area (Å²) in [6.45, 7) is 4.44. The average molecular weight is 462 g/mol. The number of hydrogen-bond donors (Lipinski definition) is 0. The van der Waals surface area contributed by atoms with E-state index in [0.29, 0.717) is 0 Å². The first kappa shape index (κ1) is 13.4. The van der Waals surface area contributed by atoms with Crippen LogP contribution in [0.3, 0.4) is 0 Å². The van der Waals surface area contributed by atoms with Crippen molar-refractivity contribution in [2.75, 3.05) is 6.54 Å². The van der Waals surface area contributed by atoms with Crippen LogP contribution in [0.15, 0.2) is 33.7 Å². The van der Waals surface area contributed by atoms with E-state index >= 15 is 0 Å². The van der Waals surface area contributed by atoms with Crippen LogP contribution < -0.4 is 0 Å². The second-order valence-corrected chi connectivity index (χ2v) is 3.27. The van der Waals surface area contributed by atoms with Crippen molar-refractivity contribution in [3.8, 4) is 0 Å². The minimum atomic E-state index is 0. The molecule has 0 atom stereocenters. The number of aliphatic imine (C=N–C) groups is 1. The zero-order chi connectivity index (χ0) is 8.81. The molecule has 0 heterocycles. The average Bonchev–Trinajstić information content (AvgIpc) is 2.09. The predicted molar refractivity (Wildman–Crippen MR) is 55.5 cm³/mol. The van der Waals surface area contributed by atoms with E-state index in [1.165, 1.54) is 0 Å². The Balaban J connectivity index is 0.00000144. The van der Waals surface area contributed by atoms with Crippen LogP contribution in [0.2, 0.25) is 0 Å². The van der Waals surface area contributed by atoms with Crippen molar-refractivity contribution >= 4 is 22.1 Å². The van der Waals surface area contributed by atoms with Crippen molar-refractivity contribution in [1.82, 2.24) is 0 Å². The van der Waals surface area contributed by atoms with Crippen molar-refractivity contribution in [2.24, 2.45) is 4.99 Å². The first-order valence-electron chi connectivity index (χ1n) is 3.80. The SMILES string of the molecule is [CH2-]CCN=[C-]c1ccc(Br)cc1.[U+2]. The minimum Gasteiger partial charge on any atom is -0.362 e. The largest absolute Gasteiger partial charge is 2.00 e. The number of rotatable bonds is 3. The van der Waals surface area contributed by atoms with E-state index in [1.807, 2.05) is 24.3 Å². The van der Waals surface area contributed by atoms with Gasteiger partial charge in [0.2, 0.25) is 0 Å². The Kier molecular flexibility index (Phi) is 8.04. The van der Waals surface area contributed by atoms with Gasteiger partial charge < -0.3 is 11.9 Å². The summed E-state index contributed by atoms with van der Waals surface area (Å²) in [5.41, 5.74) is 1.01. The van der Waals surface area contributed by atoms with Gasteiger partial charge in [-0.3, -0.25) is 0 Å². The standard InChI is InChI=1S/C10H10BrN.U/c1-2-7-12-8-9-3-5-10(11)6-4-9;/h3-6H,1-2,7H2;/q-2;+2. The smallest absolute Gasteiger partial charge is 0.362 e. The molecule has 0 saturated carbocycles. The minimum absolute atomic E-state index is 0. The molecule has 1 nitrogen and oxygen atoms in total. The fourth-order valence-corrected chi connectivity index (χ4v) is 1.02. The molecule has 0 spiro atoms. The van der Waals surface area contributed by atoms with Crippen LogP contribution >= 0.6 is 15.9 Å². The zero-order valence-electron chi connectivity index (χ0n) is 7.26. The van der Waals surface area contributed by atoms with Gasteiger partial charge in [-0.05, 0) is 11.0 Å². The van der Waals surface area contributed by atoms with Crippen LogP contribution in [-0.4, -0.2) is 12.8 Å².